The van der Waals surface area contributed by atoms with Crippen molar-refractivity contribution in [1.82, 2.24) is 4.90 Å². The maximum Gasteiger partial charge on any atom is 0.161 e. The van der Waals surface area contributed by atoms with Gasteiger partial charge in [0.15, 0.2) is 11.6 Å². The number of benzene rings is 1. The van der Waals surface area contributed by atoms with E-state index in [1.807, 2.05) is 11.9 Å². The lowest BCUT2D eigenvalue weighted by Crippen LogP contribution is -2.37. The molecule has 2 N–H and O–H groups in total. The van der Waals surface area contributed by atoms with E-state index in [-0.39, 0.29) is 18.2 Å². The first-order chi connectivity index (χ1) is 9.02. The second-order valence-corrected chi connectivity index (χ2v) is 5.27. The zero-order chi connectivity index (χ0) is 14.0. The second kappa shape index (κ2) is 5.92. The zero-order valence-corrected chi connectivity index (χ0v) is 11.0. The van der Waals surface area contributed by atoms with E-state index in [1.165, 1.54) is 0 Å². The van der Waals surface area contributed by atoms with E-state index in [4.69, 9.17) is 5.73 Å². The van der Waals surface area contributed by atoms with Crippen molar-refractivity contribution >= 4 is 0 Å². The van der Waals surface area contributed by atoms with Crippen molar-refractivity contribution < 1.29 is 13.2 Å². The van der Waals surface area contributed by atoms with Crippen LogP contribution in [-0.4, -0.2) is 24.5 Å². The molecule has 2 atom stereocenters. The summed E-state index contributed by atoms with van der Waals surface area (Å²) >= 11 is 0. The average Bonchev–Trinajstić information content (AvgIpc) is 2.84. The van der Waals surface area contributed by atoms with E-state index in [9.17, 15) is 13.2 Å². The average molecular weight is 272 g/mol. The van der Waals surface area contributed by atoms with Crippen LogP contribution in [0.25, 0.3) is 0 Å². The molecule has 0 saturated heterocycles. The predicted molar refractivity (Wildman–Crippen MR) is 68.0 cm³/mol. The van der Waals surface area contributed by atoms with Crippen molar-refractivity contribution in [1.29, 1.82) is 0 Å². The number of rotatable bonds is 4. The van der Waals surface area contributed by atoms with Gasteiger partial charge in [-0.1, -0.05) is 6.42 Å². The number of hydrogen-bond donors (Lipinski definition) is 1. The highest BCUT2D eigenvalue weighted by atomic mass is 19.2. The summed E-state index contributed by atoms with van der Waals surface area (Å²) < 4.78 is 39.6. The summed E-state index contributed by atoms with van der Waals surface area (Å²) in [6.45, 7) is 0.874. The van der Waals surface area contributed by atoms with Crippen LogP contribution in [-0.2, 0) is 6.54 Å². The Morgan fingerprint density at radius 1 is 1.16 bits per heavy atom. The highest BCUT2D eigenvalue weighted by Crippen LogP contribution is 2.29. The predicted octanol–water partition coefficient (Wildman–Crippen LogP) is 2.66. The fourth-order valence-corrected chi connectivity index (χ4v) is 2.94. The largest absolute Gasteiger partial charge is 0.330 e. The van der Waals surface area contributed by atoms with Crippen LogP contribution in [0.15, 0.2) is 12.1 Å². The molecule has 1 fully saturated rings. The first-order valence-corrected chi connectivity index (χ1v) is 6.56. The van der Waals surface area contributed by atoms with Gasteiger partial charge >= 0.3 is 0 Å². The maximum atomic E-state index is 13.6. The maximum absolute atomic E-state index is 13.6. The molecule has 0 spiro atoms. The number of nitrogens with zero attached hydrogens (tertiary/aromatic N) is 1. The van der Waals surface area contributed by atoms with Crippen LogP contribution in [0, 0.1) is 23.4 Å². The Morgan fingerprint density at radius 3 is 2.53 bits per heavy atom. The van der Waals surface area contributed by atoms with Crippen LogP contribution in [0.5, 0.6) is 0 Å². The fourth-order valence-electron chi connectivity index (χ4n) is 2.94. The molecule has 5 heteroatoms. The van der Waals surface area contributed by atoms with Crippen LogP contribution < -0.4 is 5.73 Å². The Balaban J connectivity index is 2.10. The molecule has 2 nitrogen and oxygen atoms in total. The van der Waals surface area contributed by atoms with Gasteiger partial charge in [0.05, 0.1) is 0 Å². The number of halogens is 3. The Kier molecular flexibility index (Phi) is 4.47. The Hall–Kier alpha value is -1.07. The molecule has 0 bridgehead atoms. The Bertz CT molecular complexity index is 451. The third kappa shape index (κ3) is 3.09. The number of hydrogen-bond acceptors (Lipinski definition) is 2. The molecule has 19 heavy (non-hydrogen) atoms. The Morgan fingerprint density at radius 2 is 1.84 bits per heavy atom. The molecule has 0 heterocycles. The van der Waals surface area contributed by atoms with Crippen LogP contribution in [0.2, 0.25) is 0 Å². The first-order valence-electron chi connectivity index (χ1n) is 6.56. The van der Waals surface area contributed by atoms with Crippen molar-refractivity contribution in [2.24, 2.45) is 11.7 Å². The van der Waals surface area contributed by atoms with Crippen LogP contribution in [0.1, 0.15) is 24.8 Å². The van der Waals surface area contributed by atoms with E-state index < -0.39 is 17.5 Å². The van der Waals surface area contributed by atoms with Gasteiger partial charge in [-0.25, -0.2) is 13.2 Å². The lowest BCUT2D eigenvalue weighted by molar-refractivity contribution is 0.190. The van der Waals surface area contributed by atoms with Gasteiger partial charge in [-0.15, -0.1) is 0 Å². The Labute approximate surface area is 111 Å². The molecule has 106 valence electrons. The summed E-state index contributed by atoms with van der Waals surface area (Å²) in [6.07, 6.45) is 3.20. The molecule has 0 aliphatic heterocycles. The van der Waals surface area contributed by atoms with E-state index in [0.717, 1.165) is 25.3 Å². The minimum Gasteiger partial charge on any atom is -0.330 e. The molecular formula is C14H19F3N2. The normalized spacial score (nSPS) is 23.3. The molecule has 0 aromatic heterocycles. The van der Waals surface area contributed by atoms with E-state index in [1.54, 1.807) is 0 Å². The van der Waals surface area contributed by atoms with Crippen LogP contribution in [0.4, 0.5) is 13.2 Å². The van der Waals surface area contributed by atoms with E-state index >= 15 is 0 Å². The zero-order valence-electron chi connectivity index (χ0n) is 11.0. The van der Waals surface area contributed by atoms with Crippen LogP contribution in [0.3, 0.4) is 0 Å². The molecule has 2 unspecified atom stereocenters. The molecule has 0 radical (unpaired) electrons. The molecular weight excluding hydrogens is 253 g/mol. The molecule has 1 aliphatic carbocycles. The summed E-state index contributed by atoms with van der Waals surface area (Å²) in [4.78, 5) is 1.99. The third-order valence-electron chi connectivity index (χ3n) is 4.00. The standard InChI is InChI=1S/C14H19F3N2/c1-19(14-4-2-3-9(14)7-18)8-10-5-12(16)13(17)6-11(10)15/h5-6,9,14H,2-4,7-8,18H2,1H3. The van der Waals surface area contributed by atoms with Crippen molar-refractivity contribution in [3.05, 3.63) is 35.1 Å². The highest BCUT2D eigenvalue weighted by Gasteiger charge is 2.29. The van der Waals surface area contributed by atoms with E-state index in [0.29, 0.717) is 18.5 Å². The number of nitrogens with two attached hydrogens (primary N) is 1. The fraction of sp³-hybridized carbons (Fsp3) is 0.571. The summed E-state index contributed by atoms with van der Waals surface area (Å²) in [7, 11) is 1.87. The van der Waals surface area contributed by atoms with Crippen molar-refractivity contribution in [3.63, 3.8) is 0 Å². The van der Waals surface area contributed by atoms with Gasteiger partial charge in [-0.2, -0.15) is 0 Å². The minimum atomic E-state index is -1.15. The van der Waals surface area contributed by atoms with Crippen LogP contribution >= 0.6 is 0 Å². The molecule has 1 aliphatic rings. The summed E-state index contributed by atoms with van der Waals surface area (Å²) in [5.41, 5.74) is 5.90. The van der Waals surface area contributed by atoms with Crippen molar-refractivity contribution in [3.8, 4) is 0 Å². The SMILES string of the molecule is CN(Cc1cc(F)c(F)cc1F)C1CCCC1CN. The third-order valence-corrected chi connectivity index (χ3v) is 4.00. The molecule has 1 saturated carbocycles. The lowest BCUT2D eigenvalue weighted by atomic mass is 10.0. The van der Waals surface area contributed by atoms with Gasteiger partial charge in [0.2, 0.25) is 0 Å². The summed E-state index contributed by atoms with van der Waals surface area (Å²) in [6, 6.07) is 1.83. The molecule has 0 amide bonds. The summed E-state index contributed by atoms with van der Waals surface area (Å²) in [5.74, 6) is -2.46. The minimum absolute atomic E-state index is 0.184. The topological polar surface area (TPSA) is 29.3 Å². The van der Waals surface area contributed by atoms with Gasteiger partial charge in [0, 0.05) is 24.2 Å². The molecule has 2 rings (SSSR count). The monoisotopic (exact) mass is 272 g/mol. The smallest absolute Gasteiger partial charge is 0.161 e. The quantitative estimate of drug-likeness (QED) is 0.854. The highest BCUT2D eigenvalue weighted by molar-refractivity contribution is 5.20. The van der Waals surface area contributed by atoms with E-state index in [2.05, 4.69) is 0 Å². The van der Waals surface area contributed by atoms with Gasteiger partial charge in [-0.05, 0) is 38.4 Å². The summed E-state index contributed by atoms with van der Waals surface area (Å²) in [5, 5.41) is 0. The van der Waals surface area contributed by atoms with Gasteiger partial charge in [0.25, 0.3) is 0 Å². The van der Waals surface area contributed by atoms with Gasteiger partial charge in [0.1, 0.15) is 5.82 Å². The van der Waals surface area contributed by atoms with Gasteiger partial charge in [-0.3, -0.25) is 4.90 Å². The molecule has 1 aromatic carbocycles. The second-order valence-electron chi connectivity index (χ2n) is 5.27. The van der Waals surface area contributed by atoms with Crippen molar-refractivity contribution in [2.45, 2.75) is 31.8 Å². The lowest BCUT2D eigenvalue weighted by Gasteiger charge is -2.29. The first kappa shape index (κ1) is 14.3. The van der Waals surface area contributed by atoms with Gasteiger partial charge < -0.3 is 5.73 Å². The van der Waals surface area contributed by atoms with Crippen molar-refractivity contribution in [2.75, 3.05) is 13.6 Å². The molecule has 1 aromatic rings.